The Hall–Kier alpha value is -2.55. The molecule has 0 aliphatic carbocycles. The van der Waals surface area contributed by atoms with E-state index in [1.807, 2.05) is 18.2 Å². The van der Waals surface area contributed by atoms with E-state index in [1.165, 1.54) is 11.8 Å². The highest BCUT2D eigenvalue weighted by Gasteiger charge is 2.10. The fraction of sp³-hybridized carbons (Fsp3) is 0.250. The van der Waals surface area contributed by atoms with Gasteiger partial charge in [-0.25, -0.2) is 0 Å². The highest BCUT2D eigenvalue weighted by molar-refractivity contribution is 5.88. The summed E-state index contributed by atoms with van der Waals surface area (Å²) in [6.45, 7) is 4.43. The molecule has 3 heteroatoms. The van der Waals surface area contributed by atoms with Gasteiger partial charge in [-0.1, -0.05) is 50.2 Å². The van der Waals surface area contributed by atoms with Gasteiger partial charge in [-0.15, -0.1) is 0 Å². The van der Waals surface area contributed by atoms with Crippen LogP contribution in [0.4, 0.5) is 0 Å². The number of fused-ring (bicyclic) bond motifs is 1. The third kappa shape index (κ3) is 3.45. The molecule has 0 aliphatic rings. The number of carbonyl (C=O) groups is 1. The molecule has 0 saturated carbocycles. The second kappa shape index (κ2) is 6.29. The standard InChI is InChI=1S/C20H20O3/c1-13(2)9-14-3-5-15(6-4-14)16-7-8-18-17(11-20(21)22)12-23-19(18)10-16/h3-8,10,12-13H,9,11H2,1-2H3,(H,21,22). The summed E-state index contributed by atoms with van der Waals surface area (Å²) in [5, 5.41) is 9.79. The monoisotopic (exact) mass is 308 g/mol. The van der Waals surface area contributed by atoms with Crippen molar-refractivity contribution in [2.24, 2.45) is 5.92 Å². The van der Waals surface area contributed by atoms with Crippen molar-refractivity contribution in [2.75, 3.05) is 0 Å². The van der Waals surface area contributed by atoms with Crippen molar-refractivity contribution < 1.29 is 14.3 Å². The van der Waals surface area contributed by atoms with Gasteiger partial charge < -0.3 is 9.52 Å². The first-order valence-corrected chi connectivity index (χ1v) is 7.84. The second-order valence-corrected chi connectivity index (χ2v) is 6.34. The fourth-order valence-electron chi connectivity index (χ4n) is 2.87. The van der Waals surface area contributed by atoms with Gasteiger partial charge in [0.25, 0.3) is 0 Å². The second-order valence-electron chi connectivity index (χ2n) is 6.34. The summed E-state index contributed by atoms with van der Waals surface area (Å²) in [5.74, 6) is -0.203. The van der Waals surface area contributed by atoms with Gasteiger partial charge in [0.05, 0.1) is 12.7 Å². The predicted molar refractivity (Wildman–Crippen MR) is 91.5 cm³/mol. The Morgan fingerprint density at radius 2 is 1.78 bits per heavy atom. The van der Waals surface area contributed by atoms with Gasteiger partial charge in [-0.3, -0.25) is 4.79 Å². The van der Waals surface area contributed by atoms with Crippen LogP contribution < -0.4 is 0 Å². The minimum Gasteiger partial charge on any atom is -0.481 e. The van der Waals surface area contributed by atoms with E-state index in [4.69, 9.17) is 9.52 Å². The van der Waals surface area contributed by atoms with Crippen molar-refractivity contribution in [3.63, 3.8) is 0 Å². The number of rotatable bonds is 5. The first-order chi connectivity index (χ1) is 11.0. The molecule has 0 bridgehead atoms. The number of aliphatic carboxylic acids is 1. The van der Waals surface area contributed by atoms with Crippen LogP contribution in [0.2, 0.25) is 0 Å². The molecule has 0 fully saturated rings. The molecule has 0 spiro atoms. The van der Waals surface area contributed by atoms with Gasteiger partial charge in [0.1, 0.15) is 5.58 Å². The summed E-state index contributed by atoms with van der Waals surface area (Å²) in [5.41, 5.74) is 4.99. The number of furan rings is 1. The average molecular weight is 308 g/mol. The molecule has 0 unspecified atom stereocenters. The van der Waals surface area contributed by atoms with Crippen LogP contribution in [0.1, 0.15) is 25.0 Å². The van der Waals surface area contributed by atoms with Gasteiger partial charge in [0.15, 0.2) is 0 Å². The Morgan fingerprint density at radius 3 is 2.43 bits per heavy atom. The molecule has 23 heavy (non-hydrogen) atoms. The molecule has 3 aromatic rings. The number of carboxylic acids is 1. The molecule has 1 heterocycles. The maximum Gasteiger partial charge on any atom is 0.307 e. The van der Waals surface area contributed by atoms with Crippen LogP contribution in [-0.4, -0.2) is 11.1 Å². The van der Waals surface area contributed by atoms with Crippen LogP contribution >= 0.6 is 0 Å². The third-order valence-corrected chi connectivity index (χ3v) is 3.93. The minimum absolute atomic E-state index is 0.0176. The molecule has 3 rings (SSSR count). The Morgan fingerprint density at radius 1 is 1.09 bits per heavy atom. The lowest BCUT2D eigenvalue weighted by Gasteiger charge is -2.07. The highest BCUT2D eigenvalue weighted by Crippen LogP contribution is 2.28. The first-order valence-electron chi connectivity index (χ1n) is 7.84. The maximum atomic E-state index is 10.9. The number of hydrogen-bond donors (Lipinski definition) is 1. The van der Waals surface area contributed by atoms with E-state index < -0.39 is 5.97 Å². The van der Waals surface area contributed by atoms with E-state index in [0.717, 1.165) is 28.5 Å². The van der Waals surface area contributed by atoms with Gasteiger partial charge in [0, 0.05) is 10.9 Å². The zero-order valence-corrected chi connectivity index (χ0v) is 13.4. The summed E-state index contributed by atoms with van der Waals surface area (Å²) in [6, 6.07) is 14.5. The van der Waals surface area contributed by atoms with Crippen LogP contribution in [0.5, 0.6) is 0 Å². The summed E-state index contributed by atoms with van der Waals surface area (Å²) >= 11 is 0. The summed E-state index contributed by atoms with van der Waals surface area (Å²) in [7, 11) is 0. The van der Waals surface area contributed by atoms with Crippen LogP contribution in [0.3, 0.4) is 0 Å². The van der Waals surface area contributed by atoms with E-state index >= 15 is 0 Å². The quantitative estimate of drug-likeness (QED) is 0.727. The average Bonchev–Trinajstić information content (AvgIpc) is 2.89. The molecule has 0 radical (unpaired) electrons. The molecule has 0 aliphatic heterocycles. The van der Waals surface area contributed by atoms with E-state index in [9.17, 15) is 4.79 Å². The van der Waals surface area contributed by atoms with Crippen LogP contribution in [0.25, 0.3) is 22.1 Å². The number of carboxylic acid groups (broad SMARTS) is 1. The molecule has 1 N–H and O–H groups in total. The lowest BCUT2D eigenvalue weighted by molar-refractivity contribution is -0.136. The van der Waals surface area contributed by atoms with E-state index in [2.05, 4.69) is 38.1 Å². The summed E-state index contributed by atoms with van der Waals surface area (Å²) in [4.78, 5) is 10.9. The van der Waals surface area contributed by atoms with Crippen molar-refractivity contribution in [3.05, 3.63) is 59.9 Å². The van der Waals surface area contributed by atoms with E-state index in [0.29, 0.717) is 11.5 Å². The Kier molecular flexibility index (Phi) is 4.20. The van der Waals surface area contributed by atoms with Crippen molar-refractivity contribution in [1.82, 2.24) is 0 Å². The van der Waals surface area contributed by atoms with E-state index in [-0.39, 0.29) is 6.42 Å². The normalized spacial score (nSPS) is 11.3. The third-order valence-electron chi connectivity index (χ3n) is 3.93. The first kappa shape index (κ1) is 15.3. The van der Waals surface area contributed by atoms with Gasteiger partial charge >= 0.3 is 5.97 Å². The Balaban J connectivity index is 1.90. The lowest BCUT2D eigenvalue weighted by atomic mass is 9.98. The molecule has 3 nitrogen and oxygen atoms in total. The number of benzene rings is 2. The maximum absolute atomic E-state index is 10.9. The van der Waals surface area contributed by atoms with Crippen LogP contribution in [0, 0.1) is 5.92 Å². The molecule has 2 aromatic carbocycles. The minimum atomic E-state index is -0.850. The molecular formula is C20H20O3. The van der Waals surface area contributed by atoms with Gasteiger partial charge in [-0.05, 0) is 35.1 Å². The zero-order chi connectivity index (χ0) is 16.4. The Bertz CT molecular complexity index is 826. The molecule has 1 aromatic heterocycles. The lowest BCUT2D eigenvalue weighted by Crippen LogP contribution is -1.98. The van der Waals surface area contributed by atoms with Crippen molar-refractivity contribution in [3.8, 4) is 11.1 Å². The highest BCUT2D eigenvalue weighted by atomic mass is 16.4. The predicted octanol–water partition coefficient (Wildman–Crippen LogP) is 4.93. The summed E-state index contributed by atoms with van der Waals surface area (Å²) < 4.78 is 5.53. The molecule has 0 atom stereocenters. The van der Waals surface area contributed by atoms with Crippen molar-refractivity contribution >= 4 is 16.9 Å². The van der Waals surface area contributed by atoms with Gasteiger partial charge in [-0.2, -0.15) is 0 Å². The van der Waals surface area contributed by atoms with E-state index in [1.54, 1.807) is 0 Å². The molecule has 0 saturated heterocycles. The topological polar surface area (TPSA) is 50.4 Å². The fourth-order valence-corrected chi connectivity index (χ4v) is 2.87. The molecule has 0 amide bonds. The largest absolute Gasteiger partial charge is 0.481 e. The molecule has 118 valence electrons. The summed E-state index contributed by atoms with van der Waals surface area (Å²) in [6.07, 6.45) is 2.60. The molecular weight excluding hydrogens is 288 g/mol. The van der Waals surface area contributed by atoms with Crippen LogP contribution in [0.15, 0.2) is 53.1 Å². The smallest absolute Gasteiger partial charge is 0.307 e. The van der Waals surface area contributed by atoms with Crippen LogP contribution in [-0.2, 0) is 17.6 Å². The Labute approximate surface area is 135 Å². The SMILES string of the molecule is CC(C)Cc1ccc(-c2ccc3c(CC(=O)O)coc3c2)cc1. The van der Waals surface area contributed by atoms with Crippen molar-refractivity contribution in [1.29, 1.82) is 0 Å². The van der Waals surface area contributed by atoms with Gasteiger partial charge in [0.2, 0.25) is 0 Å². The zero-order valence-electron chi connectivity index (χ0n) is 13.4. The van der Waals surface area contributed by atoms with Crippen molar-refractivity contribution in [2.45, 2.75) is 26.7 Å². The number of hydrogen-bond acceptors (Lipinski definition) is 2.